The van der Waals surface area contributed by atoms with E-state index in [4.69, 9.17) is 0 Å². The van der Waals surface area contributed by atoms with E-state index in [2.05, 4.69) is 11.3 Å². The van der Waals surface area contributed by atoms with Gasteiger partial charge >= 0.3 is 53.6 Å². The largest absolute Gasteiger partial charge is 0.460 e. The van der Waals surface area contributed by atoms with Crippen LogP contribution in [0.2, 0.25) is 0 Å². The van der Waals surface area contributed by atoms with E-state index in [1.807, 2.05) is 0 Å². The van der Waals surface area contributed by atoms with E-state index in [0.29, 0.717) is 0 Å². The summed E-state index contributed by atoms with van der Waals surface area (Å²) in [4.78, 5) is 11.5. The molecule has 0 N–H and O–H groups in total. The molecule has 0 aromatic rings. The van der Waals surface area contributed by atoms with Crippen molar-refractivity contribution in [3.8, 4) is 0 Å². The van der Waals surface area contributed by atoms with E-state index in [-0.39, 0.29) is 0 Å². The van der Waals surface area contributed by atoms with Crippen LogP contribution < -0.4 is 0 Å². The molecule has 0 saturated heterocycles. The molecule has 0 aliphatic carbocycles. The molecule has 19 heteroatoms. The van der Waals surface area contributed by atoms with E-state index in [1.54, 1.807) is 0 Å². The highest BCUT2D eigenvalue weighted by Gasteiger charge is 2.95. The lowest BCUT2D eigenvalue weighted by Gasteiger charge is -2.43. The minimum atomic E-state index is -8.69. The Labute approximate surface area is 196 Å². The summed E-state index contributed by atoms with van der Waals surface area (Å²) >= 11 is 0. The molecule has 0 saturated carbocycles. The molecule has 37 heavy (non-hydrogen) atoms. The van der Waals surface area contributed by atoms with E-state index in [9.17, 15) is 79.4 Å². The van der Waals surface area contributed by atoms with Crippen molar-refractivity contribution < 1.29 is 84.2 Å². The zero-order valence-electron chi connectivity index (χ0n) is 18.5. The molecular weight excluding hydrogens is 571 g/mol. The Hall–Kier alpha value is -1.98. The number of ether oxygens (including phenoxy) is 1. The molecule has 0 radical (unpaired) electrons. The maximum absolute atomic E-state index is 14.1. The van der Waals surface area contributed by atoms with Crippen LogP contribution in [-0.4, -0.2) is 59.7 Å². The molecule has 1 atom stereocenters. The highest BCUT2D eigenvalue weighted by atomic mass is 19.4. The first-order chi connectivity index (χ1) is 15.9. The number of carbonyl (C=O) groups is 1. The number of alkyl halides is 17. The molecule has 0 spiro atoms. The number of halogens is 17. The van der Waals surface area contributed by atoms with E-state index < -0.39 is 84.0 Å². The highest BCUT2D eigenvalue weighted by Crippen LogP contribution is 2.64. The van der Waals surface area contributed by atoms with Gasteiger partial charge in [-0.05, 0) is 19.3 Å². The summed E-state index contributed by atoms with van der Waals surface area (Å²) in [5.41, 5.74) is -0.576. The zero-order valence-corrected chi connectivity index (χ0v) is 18.5. The van der Waals surface area contributed by atoms with Crippen molar-refractivity contribution in [3.63, 3.8) is 0 Å². The number of hydrogen-bond donors (Lipinski definition) is 0. The predicted octanol–water partition coefficient (Wildman–Crippen LogP) is 7.92. The quantitative estimate of drug-likeness (QED) is 0.132. The van der Waals surface area contributed by atoms with Gasteiger partial charge in [-0.1, -0.05) is 20.4 Å². The highest BCUT2D eigenvalue weighted by molar-refractivity contribution is 5.87. The van der Waals surface area contributed by atoms with Crippen molar-refractivity contribution in [3.05, 3.63) is 12.2 Å². The molecule has 0 bridgehead atoms. The molecular formula is C18H17F17O2. The average molecular weight is 588 g/mol. The van der Waals surface area contributed by atoms with E-state index in [1.165, 1.54) is 0 Å². The Morgan fingerprint density at radius 3 is 1.27 bits per heavy atom. The Morgan fingerprint density at radius 1 is 0.649 bits per heavy atom. The first-order valence-corrected chi connectivity index (χ1v) is 9.44. The summed E-state index contributed by atoms with van der Waals surface area (Å²) in [5.74, 6) is -59.4. The van der Waals surface area contributed by atoms with Crippen LogP contribution in [-0.2, 0) is 9.53 Å². The summed E-state index contributed by atoms with van der Waals surface area (Å²) < 4.78 is 231. The molecule has 0 aliphatic rings. The fourth-order valence-corrected chi connectivity index (χ4v) is 2.56. The molecule has 0 aliphatic heterocycles. The second-order valence-electron chi connectivity index (χ2n) is 8.29. The van der Waals surface area contributed by atoms with E-state index >= 15 is 0 Å². The summed E-state index contributed by atoms with van der Waals surface area (Å²) in [6, 6.07) is 0. The van der Waals surface area contributed by atoms with E-state index in [0.717, 1.165) is 20.8 Å². The average Bonchev–Trinajstić information content (AvgIpc) is 2.64. The predicted molar refractivity (Wildman–Crippen MR) is 89.5 cm³/mol. The van der Waals surface area contributed by atoms with Gasteiger partial charge in [0.25, 0.3) is 0 Å². The molecule has 0 heterocycles. The third-order valence-electron chi connectivity index (χ3n) is 4.63. The van der Waals surface area contributed by atoms with Crippen molar-refractivity contribution >= 4 is 5.97 Å². The SMILES string of the molecule is C=C(C)C(=O)OC(CC(C)C)CC(F)(F)C(F)(F)C(F)(F)C(F)(F)C(F)(F)C(F)(F)C(F)(F)C(F)(F)F. The third-order valence-corrected chi connectivity index (χ3v) is 4.63. The van der Waals surface area contributed by atoms with Crippen LogP contribution in [0.5, 0.6) is 0 Å². The lowest BCUT2D eigenvalue weighted by atomic mass is 9.87. The summed E-state index contributed by atoms with van der Waals surface area (Å²) in [6.07, 6.45) is -14.1. The van der Waals surface area contributed by atoms with Gasteiger partial charge in [0.05, 0.1) is 6.42 Å². The van der Waals surface area contributed by atoms with Crippen LogP contribution in [0.15, 0.2) is 12.2 Å². The van der Waals surface area contributed by atoms with Gasteiger partial charge < -0.3 is 4.74 Å². The Morgan fingerprint density at radius 2 is 0.973 bits per heavy atom. The van der Waals surface area contributed by atoms with Crippen molar-refractivity contribution in [2.45, 2.75) is 87.4 Å². The molecule has 220 valence electrons. The topological polar surface area (TPSA) is 26.3 Å². The summed E-state index contributed by atoms with van der Waals surface area (Å²) in [5, 5.41) is 0. The van der Waals surface area contributed by atoms with Crippen LogP contribution in [0.25, 0.3) is 0 Å². The van der Waals surface area contributed by atoms with Gasteiger partial charge in [0, 0.05) is 5.57 Å². The van der Waals surface area contributed by atoms with Gasteiger partial charge in [-0.3, -0.25) is 0 Å². The summed E-state index contributed by atoms with van der Waals surface area (Å²) in [7, 11) is 0. The second-order valence-corrected chi connectivity index (χ2v) is 8.29. The van der Waals surface area contributed by atoms with Crippen LogP contribution >= 0.6 is 0 Å². The molecule has 0 fully saturated rings. The minimum Gasteiger partial charge on any atom is -0.459 e. The second kappa shape index (κ2) is 9.96. The lowest BCUT2D eigenvalue weighted by molar-refractivity contribution is -0.462. The zero-order chi connectivity index (χ0) is 30.4. The fourth-order valence-electron chi connectivity index (χ4n) is 2.56. The van der Waals surface area contributed by atoms with Gasteiger partial charge in [-0.15, -0.1) is 0 Å². The summed E-state index contributed by atoms with van der Waals surface area (Å²) in [6.45, 7) is 6.16. The molecule has 0 aromatic heterocycles. The van der Waals surface area contributed by atoms with Crippen molar-refractivity contribution in [2.75, 3.05) is 0 Å². The van der Waals surface area contributed by atoms with Crippen LogP contribution in [0.3, 0.4) is 0 Å². The lowest BCUT2D eigenvalue weighted by Crippen LogP contribution is -2.74. The van der Waals surface area contributed by atoms with Gasteiger partial charge in [0.2, 0.25) is 0 Å². The van der Waals surface area contributed by atoms with Gasteiger partial charge in [0.15, 0.2) is 0 Å². The van der Waals surface area contributed by atoms with Gasteiger partial charge in [-0.25, -0.2) is 4.79 Å². The van der Waals surface area contributed by atoms with Crippen LogP contribution in [0.1, 0.15) is 33.6 Å². The van der Waals surface area contributed by atoms with Gasteiger partial charge in [0.1, 0.15) is 6.10 Å². The van der Waals surface area contributed by atoms with Crippen LogP contribution in [0.4, 0.5) is 74.6 Å². The number of esters is 1. The molecule has 1 unspecified atom stereocenters. The number of hydrogen-bond acceptors (Lipinski definition) is 2. The molecule has 2 nitrogen and oxygen atoms in total. The minimum absolute atomic E-state index is 0.576. The molecule has 0 amide bonds. The Kier molecular flexibility index (Phi) is 9.43. The number of carbonyl (C=O) groups excluding carboxylic acids is 1. The maximum atomic E-state index is 14.1. The fraction of sp³-hybridized carbons (Fsp3) is 0.833. The first-order valence-electron chi connectivity index (χ1n) is 9.44. The molecule has 0 rings (SSSR count). The van der Waals surface area contributed by atoms with Crippen molar-refractivity contribution in [2.24, 2.45) is 5.92 Å². The van der Waals surface area contributed by atoms with Gasteiger partial charge in [-0.2, -0.15) is 74.6 Å². The standard InChI is InChI=1S/C18H17F17O2/c1-7(2)5-9(37-10(36)8(3)4)6-11(19,20)12(21,22)13(23,24)14(25,26)15(27,28)16(29,30)17(31,32)18(33,34)35/h7,9H,3,5-6H2,1-2,4H3. The van der Waals surface area contributed by atoms with Crippen molar-refractivity contribution in [1.82, 2.24) is 0 Å². The number of rotatable bonds is 12. The smallest absolute Gasteiger partial charge is 0.459 e. The third kappa shape index (κ3) is 5.73. The maximum Gasteiger partial charge on any atom is 0.460 e. The normalized spacial score (nSPS) is 16.1. The van der Waals surface area contributed by atoms with Crippen molar-refractivity contribution in [1.29, 1.82) is 0 Å². The molecule has 0 aromatic carbocycles. The Balaban J connectivity index is 6.68. The first kappa shape index (κ1) is 35.0. The Bertz CT molecular complexity index is 842. The monoisotopic (exact) mass is 588 g/mol. The van der Waals surface area contributed by atoms with Crippen LogP contribution in [0, 0.1) is 5.92 Å².